The molecule has 2 aromatic carbocycles. The average molecular weight is 270 g/mol. The fourth-order valence-electron chi connectivity index (χ4n) is 2.29. The summed E-state index contributed by atoms with van der Waals surface area (Å²) < 4.78 is 26.3. The van der Waals surface area contributed by atoms with Crippen LogP contribution in [0.5, 0.6) is 0 Å². The summed E-state index contributed by atoms with van der Waals surface area (Å²) in [6.45, 7) is 0. The molecule has 1 unspecified atom stereocenters. The van der Waals surface area contributed by atoms with E-state index >= 15 is 0 Å². The van der Waals surface area contributed by atoms with Gasteiger partial charge in [0.15, 0.2) is 11.6 Å². The summed E-state index contributed by atoms with van der Waals surface area (Å²) in [5.41, 5.74) is 7.55. The summed E-state index contributed by atoms with van der Waals surface area (Å²) in [5.74, 6) is -1.77. The van der Waals surface area contributed by atoms with E-state index in [4.69, 9.17) is 5.73 Å². The molecule has 0 saturated heterocycles. The van der Waals surface area contributed by atoms with Gasteiger partial charge in [0.05, 0.1) is 6.04 Å². The Kier molecular flexibility index (Phi) is 3.16. The number of pyridine rings is 1. The van der Waals surface area contributed by atoms with Crippen LogP contribution < -0.4 is 5.73 Å². The van der Waals surface area contributed by atoms with Crippen LogP contribution >= 0.6 is 0 Å². The molecule has 0 bridgehead atoms. The van der Waals surface area contributed by atoms with E-state index in [1.165, 1.54) is 6.07 Å². The molecule has 0 amide bonds. The zero-order valence-corrected chi connectivity index (χ0v) is 10.6. The Bertz CT molecular complexity index is 766. The quantitative estimate of drug-likeness (QED) is 0.773. The molecule has 1 aromatic heterocycles. The minimum Gasteiger partial charge on any atom is -0.320 e. The smallest absolute Gasteiger partial charge is 0.159 e. The van der Waals surface area contributed by atoms with Gasteiger partial charge in [-0.15, -0.1) is 0 Å². The summed E-state index contributed by atoms with van der Waals surface area (Å²) in [4.78, 5) is 4.09. The van der Waals surface area contributed by atoms with E-state index in [-0.39, 0.29) is 0 Å². The minimum atomic E-state index is -0.892. The van der Waals surface area contributed by atoms with Crippen LogP contribution in [-0.4, -0.2) is 4.98 Å². The lowest BCUT2D eigenvalue weighted by molar-refractivity contribution is 0.506. The number of fused-ring (bicyclic) bond motifs is 1. The molecule has 4 heteroatoms. The highest BCUT2D eigenvalue weighted by Gasteiger charge is 2.14. The van der Waals surface area contributed by atoms with Crippen LogP contribution in [0.4, 0.5) is 8.78 Å². The molecule has 0 fully saturated rings. The van der Waals surface area contributed by atoms with Gasteiger partial charge in [-0.3, -0.25) is 4.98 Å². The van der Waals surface area contributed by atoms with Crippen LogP contribution in [0.1, 0.15) is 17.2 Å². The second-order valence-electron chi connectivity index (χ2n) is 4.60. The first-order chi connectivity index (χ1) is 9.66. The second kappa shape index (κ2) is 4.98. The molecule has 0 aliphatic rings. The first-order valence-corrected chi connectivity index (χ1v) is 6.20. The van der Waals surface area contributed by atoms with Crippen LogP contribution in [0.2, 0.25) is 0 Å². The maximum Gasteiger partial charge on any atom is 0.159 e. The number of hydrogen-bond acceptors (Lipinski definition) is 2. The van der Waals surface area contributed by atoms with Gasteiger partial charge in [-0.25, -0.2) is 8.78 Å². The number of benzene rings is 2. The molecule has 2 nitrogen and oxygen atoms in total. The van der Waals surface area contributed by atoms with E-state index in [1.54, 1.807) is 12.4 Å². The van der Waals surface area contributed by atoms with Gasteiger partial charge in [0.25, 0.3) is 0 Å². The molecule has 0 saturated carbocycles. The zero-order chi connectivity index (χ0) is 14.1. The van der Waals surface area contributed by atoms with Crippen molar-refractivity contribution in [3.63, 3.8) is 0 Å². The molecule has 0 spiro atoms. The molecule has 100 valence electrons. The van der Waals surface area contributed by atoms with E-state index in [9.17, 15) is 8.78 Å². The third-order valence-corrected chi connectivity index (χ3v) is 3.36. The standard InChI is InChI=1S/C16H12F2N2/c17-14-5-4-11(8-15(14)18)16(19)12-3-1-2-10-6-7-20-9-13(10)12/h1-9,16H,19H2. The molecule has 1 heterocycles. The Labute approximate surface area is 114 Å². The predicted octanol–water partition coefficient (Wildman–Crippen LogP) is 3.56. The monoisotopic (exact) mass is 270 g/mol. The Morgan fingerprint density at radius 3 is 2.65 bits per heavy atom. The third-order valence-electron chi connectivity index (χ3n) is 3.36. The minimum absolute atomic E-state index is 0.528. The van der Waals surface area contributed by atoms with Crippen LogP contribution in [0.25, 0.3) is 10.8 Å². The fraction of sp³-hybridized carbons (Fsp3) is 0.0625. The largest absolute Gasteiger partial charge is 0.320 e. The summed E-state index contributed by atoms with van der Waals surface area (Å²) in [7, 11) is 0. The summed E-state index contributed by atoms with van der Waals surface area (Å²) in [5, 5.41) is 1.92. The van der Waals surface area contributed by atoms with Crippen LogP contribution in [0.3, 0.4) is 0 Å². The van der Waals surface area contributed by atoms with Crippen molar-refractivity contribution in [2.75, 3.05) is 0 Å². The van der Waals surface area contributed by atoms with Crippen molar-refractivity contribution >= 4 is 10.8 Å². The second-order valence-corrected chi connectivity index (χ2v) is 4.60. The highest BCUT2D eigenvalue weighted by molar-refractivity contribution is 5.85. The fourth-order valence-corrected chi connectivity index (χ4v) is 2.29. The topological polar surface area (TPSA) is 38.9 Å². The van der Waals surface area contributed by atoms with Crippen molar-refractivity contribution in [2.24, 2.45) is 5.73 Å². The van der Waals surface area contributed by atoms with Crippen molar-refractivity contribution < 1.29 is 8.78 Å². The number of halogens is 2. The van der Waals surface area contributed by atoms with Gasteiger partial charge in [0, 0.05) is 17.8 Å². The number of hydrogen-bond donors (Lipinski definition) is 1. The average Bonchev–Trinajstić information content (AvgIpc) is 2.49. The normalized spacial score (nSPS) is 12.6. The van der Waals surface area contributed by atoms with Gasteiger partial charge >= 0.3 is 0 Å². The molecule has 0 aliphatic carbocycles. The summed E-state index contributed by atoms with van der Waals surface area (Å²) in [6, 6.07) is 10.8. The van der Waals surface area contributed by atoms with Gasteiger partial charge in [0.2, 0.25) is 0 Å². The van der Waals surface area contributed by atoms with Crippen molar-refractivity contribution in [1.29, 1.82) is 0 Å². The maximum atomic E-state index is 13.3. The molecule has 2 N–H and O–H groups in total. The Morgan fingerprint density at radius 1 is 1.00 bits per heavy atom. The van der Waals surface area contributed by atoms with E-state index in [1.807, 2.05) is 24.3 Å². The SMILES string of the molecule is NC(c1ccc(F)c(F)c1)c1cccc2ccncc12. The van der Waals surface area contributed by atoms with Gasteiger partial charge < -0.3 is 5.73 Å². The molecule has 1 atom stereocenters. The maximum absolute atomic E-state index is 13.3. The van der Waals surface area contributed by atoms with E-state index < -0.39 is 17.7 Å². The predicted molar refractivity (Wildman–Crippen MR) is 74.1 cm³/mol. The van der Waals surface area contributed by atoms with Crippen molar-refractivity contribution in [3.05, 3.63) is 77.6 Å². The molecule has 3 rings (SSSR count). The van der Waals surface area contributed by atoms with Gasteiger partial charge in [-0.1, -0.05) is 24.3 Å². The van der Waals surface area contributed by atoms with Gasteiger partial charge in [0.1, 0.15) is 0 Å². The molecule has 20 heavy (non-hydrogen) atoms. The first kappa shape index (κ1) is 12.7. The van der Waals surface area contributed by atoms with Crippen molar-refractivity contribution in [1.82, 2.24) is 4.98 Å². The lowest BCUT2D eigenvalue weighted by atomic mass is 9.95. The molecular weight excluding hydrogens is 258 g/mol. The van der Waals surface area contributed by atoms with Gasteiger partial charge in [-0.05, 0) is 34.7 Å². The molecule has 3 aromatic rings. The summed E-state index contributed by atoms with van der Waals surface area (Å²) in [6.07, 6.45) is 3.43. The van der Waals surface area contributed by atoms with Crippen molar-refractivity contribution in [2.45, 2.75) is 6.04 Å². The third kappa shape index (κ3) is 2.14. The van der Waals surface area contributed by atoms with Crippen LogP contribution in [-0.2, 0) is 0 Å². The van der Waals surface area contributed by atoms with Crippen molar-refractivity contribution in [3.8, 4) is 0 Å². The lowest BCUT2D eigenvalue weighted by Gasteiger charge is -2.15. The van der Waals surface area contributed by atoms with Crippen LogP contribution in [0.15, 0.2) is 54.9 Å². The molecule has 0 aliphatic heterocycles. The molecule has 0 radical (unpaired) electrons. The first-order valence-electron chi connectivity index (χ1n) is 6.20. The van der Waals surface area contributed by atoms with Gasteiger partial charge in [-0.2, -0.15) is 0 Å². The number of nitrogens with two attached hydrogens (primary N) is 1. The van der Waals surface area contributed by atoms with E-state index in [0.717, 1.165) is 28.5 Å². The van der Waals surface area contributed by atoms with E-state index in [0.29, 0.717) is 5.56 Å². The Hall–Kier alpha value is -2.33. The number of nitrogens with zero attached hydrogens (tertiary/aromatic N) is 1. The summed E-state index contributed by atoms with van der Waals surface area (Å²) >= 11 is 0. The highest BCUT2D eigenvalue weighted by Crippen LogP contribution is 2.27. The highest BCUT2D eigenvalue weighted by atomic mass is 19.2. The Balaban J connectivity index is 2.12. The van der Waals surface area contributed by atoms with Crippen LogP contribution in [0, 0.1) is 11.6 Å². The number of aromatic nitrogens is 1. The molecular formula is C16H12F2N2. The zero-order valence-electron chi connectivity index (χ0n) is 10.6. The lowest BCUT2D eigenvalue weighted by Crippen LogP contribution is -2.13. The number of rotatable bonds is 2. The van der Waals surface area contributed by atoms with E-state index in [2.05, 4.69) is 4.98 Å². The Morgan fingerprint density at radius 2 is 1.85 bits per heavy atom.